The summed E-state index contributed by atoms with van der Waals surface area (Å²) in [5.41, 5.74) is 6.51. The van der Waals surface area contributed by atoms with Crippen molar-refractivity contribution in [3.63, 3.8) is 0 Å². The molecule has 1 fully saturated rings. The van der Waals surface area contributed by atoms with Crippen LogP contribution in [0.5, 0.6) is 0 Å². The first kappa shape index (κ1) is 14.9. The molecule has 2 rings (SSSR count). The van der Waals surface area contributed by atoms with Crippen LogP contribution in [0.15, 0.2) is 24.3 Å². The minimum absolute atomic E-state index is 0.0880. The summed E-state index contributed by atoms with van der Waals surface area (Å²) in [4.78, 5) is 13.9. The van der Waals surface area contributed by atoms with Gasteiger partial charge in [-0.25, -0.2) is 4.39 Å². The molecule has 1 aliphatic rings. The summed E-state index contributed by atoms with van der Waals surface area (Å²) in [6, 6.07) is 6.59. The highest BCUT2D eigenvalue weighted by molar-refractivity contribution is 5.78. The summed E-state index contributed by atoms with van der Waals surface area (Å²) in [5, 5.41) is 2.75. The Morgan fingerprint density at radius 1 is 1.50 bits per heavy atom. The van der Waals surface area contributed by atoms with Gasteiger partial charge in [-0.3, -0.25) is 9.69 Å². The molecule has 20 heavy (non-hydrogen) atoms. The Balaban J connectivity index is 1.77. The lowest BCUT2D eigenvalue weighted by molar-refractivity contribution is -0.122. The lowest BCUT2D eigenvalue weighted by atomic mass is 9.94. The van der Waals surface area contributed by atoms with Crippen LogP contribution < -0.4 is 11.1 Å². The molecule has 0 radical (unpaired) electrons. The fourth-order valence-electron chi connectivity index (χ4n) is 2.41. The monoisotopic (exact) mass is 279 g/mol. The van der Waals surface area contributed by atoms with Crippen molar-refractivity contribution in [1.29, 1.82) is 0 Å². The Morgan fingerprint density at radius 2 is 2.25 bits per heavy atom. The maximum absolute atomic E-state index is 13.4. The van der Waals surface area contributed by atoms with Crippen molar-refractivity contribution in [3.8, 4) is 0 Å². The largest absolute Gasteiger partial charge is 0.351 e. The third-order valence-electron chi connectivity index (χ3n) is 3.90. The molecule has 1 amide bonds. The summed E-state index contributed by atoms with van der Waals surface area (Å²) < 4.78 is 13.4. The Hall–Kier alpha value is -1.46. The van der Waals surface area contributed by atoms with Crippen LogP contribution >= 0.6 is 0 Å². The molecule has 0 spiro atoms. The number of nitrogens with two attached hydrogens (primary N) is 1. The molecule has 1 aliphatic heterocycles. The van der Waals surface area contributed by atoms with E-state index in [0.717, 1.165) is 19.5 Å². The van der Waals surface area contributed by atoms with Gasteiger partial charge in [0.25, 0.3) is 0 Å². The van der Waals surface area contributed by atoms with Gasteiger partial charge in [0.05, 0.1) is 6.54 Å². The molecular weight excluding hydrogens is 257 g/mol. The summed E-state index contributed by atoms with van der Waals surface area (Å²) in [6.45, 7) is 4.33. The van der Waals surface area contributed by atoms with Crippen molar-refractivity contribution in [2.75, 3.05) is 19.6 Å². The fourth-order valence-corrected chi connectivity index (χ4v) is 2.41. The van der Waals surface area contributed by atoms with E-state index in [1.165, 1.54) is 6.07 Å². The van der Waals surface area contributed by atoms with Crippen LogP contribution in [0.4, 0.5) is 4.39 Å². The molecule has 1 saturated heterocycles. The molecule has 1 aromatic carbocycles. The highest BCUT2D eigenvalue weighted by Crippen LogP contribution is 2.14. The number of amides is 1. The van der Waals surface area contributed by atoms with E-state index in [2.05, 4.69) is 17.1 Å². The van der Waals surface area contributed by atoms with Gasteiger partial charge < -0.3 is 11.1 Å². The van der Waals surface area contributed by atoms with Gasteiger partial charge >= 0.3 is 0 Å². The fraction of sp³-hybridized carbons (Fsp3) is 0.533. The third kappa shape index (κ3) is 4.02. The van der Waals surface area contributed by atoms with E-state index in [1.54, 1.807) is 18.2 Å². The molecule has 2 unspecified atom stereocenters. The van der Waals surface area contributed by atoms with Gasteiger partial charge in [-0.1, -0.05) is 25.1 Å². The minimum Gasteiger partial charge on any atom is -0.351 e. The van der Waals surface area contributed by atoms with Crippen LogP contribution in [0.3, 0.4) is 0 Å². The Labute approximate surface area is 119 Å². The van der Waals surface area contributed by atoms with Crippen LogP contribution in [0.2, 0.25) is 0 Å². The second-order valence-electron chi connectivity index (χ2n) is 5.53. The number of likely N-dealkylation sites (tertiary alicyclic amines) is 1. The zero-order valence-electron chi connectivity index (χ0n) is 11.8. The van der Waals surface area contributed by atoms with Crippen molar-refractivity contribution >= 4 is 5.91 Å². The van der Waals surface area contributed by atoms with Gasteiger partial charge in [-0.2, -0.15) is 0 Å². The minimum atomic E-state index is -0.290. The number of benzene rings is 1. The summed E-state index contributed by atoms with van der Waals surface area (Å²) in [5.74, 6) is 0.129. The smallest absolute Gasteiger partial charge is 0.234 e. The van der Waals surface area contributed by atoms with Gasteiger partial charge in [0.15, 0.2) is 0 Å². The van der Waals surface area contributed by atoms with Crippen LogP contribution in [0, 0.1) is 11.7 Å². The highest BCUT2D eigenvalue weighted by Gasteiger charge is 2.24. The molecule has 1 aromatic rings. The van der Waals surface area contributed by atoms with Gasteiger partial charge in [0.2, 0.25) is 5.91 Å². The molecule has 2 atom stereocenters. The van der Waals surface area contributed by atoms with Crippen molar-refractivity contribution in [2.24, 2.45) is 11.7 Å². The molecule has 4 nitrogen and oxygen atoms in total. The number of halogens is 1. The lowest BCUT2D eigenvalue weighted by Crippen LogP contribution is -2.50. The number of carbonyl (C=O) groups excluding carboxylic acids is 1. The van der Waals surface area contributed by atoms with Crippen molar-refractivity contribution in [3.05, 3.63) is 35.6 Å². The second kappa shape index (κ2) is 6.81. The van der Waals surface area contributed by atoms with Crippen LogP contribution in [-0.2, 0) is 11.3 Å². The van der Waals surface area contributed by atoms with E-state index < -0.39 is 0 Å². The SMILES string of the molecule is CC1CCN(CC(=O)NCc2ccccc2F)CC1N. The predicted molar refractivity (Wildman–Crippen MR) is 76.4 cm³/mol. The number of hydrogen-bond acceptors (Lipinski definition) is 3. The topological polar surface area (TPSA) is 58.4 Å². The zero-order chi connectivity index (χ0) is 14.5. The maximum atomic E-state index is 13.4. The molecule has 110 valence electrons. The Morgan fingerprint density at radius 3 is 2.95 bits per heavy atom. The van der Waals surface area contributed by atoms with Gasteiger partial charge in [0.1, 0.15) is 5.82 Å². The Bertz CT molecular complexity index is 466. The summed E-state index contributed by atoms with van der Waals surface area (Å²) >= 11 is 0. The van der Waals surface area contributed by atoms with Crippen molar-refractivity contribution in [2.45, 2.75) is 25.9 Å². The number of nitrogens with one attached hydrogen (secondary N) is 1. The molecule has 5 heteroatoms. The first-order chi connectivity index (χ1) is 9.56. The van der Waals surface area contributed by atoms with Crippen LogP contribution in [-0.4, -0.2) is 36.5 Å². The van der Waals surface area contributed by atoms with E-state index in [-0.39, 0.29) is 24.3 Å². The summed E-state index contributed by atoms with van der Waals surface area (Å²) in [7, 11) is 0. The first-order valence-corrected chi connectivity index (χ1v) is 7.04. The van der Waals surface area contributed by atoms with E-state index in [9.17, 15) is 9.18 Å². The molecule has 0 aromatic heterocycles. The number of piperidine rings is 1. The summed E-state index contributed by atoms with van der Waals surface area (Å²) in [6.07, 6.45) is 1.02. The van der Waals surface area contributed by atoms with Crippen molar-refractivity contribution < 1.29 is 9.18 Å². The average Bonchev–Trinajstić information content (AvgIpc) is 2.42. The number of carbonyl (C=O) groups is 1. The predicted octanol–water partition coefficient (Wildman–Crippen LogP) is 1.11. The quantitative estimate of drug-likeness (QED) is 0.868. The first-order valence-electron chi connectivity index (χ1n) is 7.04. The highest BCUT2D eigenvalue weighted by atomic mass is 19.1. The van der Waals surface area contributed by atoms with Gasteiger partial charge in [0, 0.05) is 24.7 Å². The standard InChI is InChI=1S/C15H22FN3O/c1-11-6-7-19(9-14(11)17)10-15(20)18-8-12-4-2-3-5-13(12)16/h2-5,11,14H,6-10,17H2,1H3,(H,18,20). The van der Waals surface area contributed by atoms with E-state index in [0.29, 0.717) is 18.0 Å². The molecular formula is C15H22FN3O. The normalized spacial score (nSPS) is 23.6. The number of rotatable bonds is 4. The molecule has 3 N–H and O–H groups in total. The van der Waals surface area contributed by atoms with Gasteiger partial charge in [-0.05, 0) is 24.9 Å². The van der Waals surface area contributed by atoms with E-state index >= 15 is 0 Å². The molecule has 0 aliphatic carbocycles. The Kier molecular flexibility index (Phi) is 5.09. The second-order valence-corrected chi connectivity index (χ2v) is 5.53. The number of nitrogens with zero attached hydrogens (tertiary/aromatic N) is 1. The number of hydrogen-bond donors (Lipinski definition) is 2. The van der Waals surface area contributed by atoms with Crippen LogP contribution in [0.1, 0.15) is 18.9 Å². The lowest BCUT2D eigenvalue weighted by Gasteiger charge is -2.34. The van der Waals surface area contributed by atoms with Crippen molar-refractivity contribution in [1.82, 2.24) is 10.2 Å². The van der Waals surface area contributed by atoms with E-state index in [4.69, 9.17) is 5.73 Å². The van der Waals surface area contributed by atoms with Gasteiger partial charge in [-0.15, -0.1) is 0 Å². The molecule has 0 bridgehead atoms. The van der Waals surface area contributed by atoms with E-state index in [1.807, 2.05) is 0 Å². The molecule has 1 heterocycles. The third-order valence-corrected chi connectivity index (χ3v) is 3.90. The molecule has 0 saturated carbocycles. The van der Waals surface area contributed by atoms with Crippen LogP contribution in [0.25, 0.3) is 0 Å². The average molecular weight is 279 g/mol. The zero-order valence-corrected chi connectivity index (χ0v) is 11.8. The maximum Gasteiger partial charge on any atom is 0.234 e.